The summed E-state index contributed by atoms with van der Waals surface area (Å²) in [4.78, 5) is 35.6. The summed E-state index contributed by atoms with van der Waals surface area (Å²) in [5.41, 5.74) is -0.822. The first-order valence-corrected chi connectivity index (χ1v) is 8.22. The zero-order chi connectivity index (χ0) is 17.3. The van der Waals surface area contributed by atoms with Gasteiger partial charge in [0.25, 0.3) is 0 Å². The number of nitrogens with one attached hydrogen (secondary N) is 1. The first kappa shape index (κ1) is 19.3. The number of carbonyl (C=O) groups excluding carboxylic acids is 2. The number of ether oxygens (including phenoxy) is 1. The standard InChI is InChI=1S/C16H28N2O5/c1-16(14(20)21)9-11-18(12-16)15(22)17-10-7-5-3-4-6-8-13(19)23-2/h3-12H2,1-2H3,(H,17,22)(H,20,21). The quantitative estimate of drug-likeness (QED) is 0.498. The van der Waals surface area contributed by atoms with Gasteiger partial charge in [0.05, 0.1) is 12.5 Å². The molecule has 1 unspecified atom stereocenters. The van der Waals surface area contributed by atoms with Crippen molar-refractivity contribution in [3.8, 4) is 0 Å². The van der Waals surface area contributed by atoms with E-state index in [2.05, 4.69) is 10.1 Å². The van der Waals surface area contributed by atoms with Gasteiger partial charge in [0.2, 0.25) is 0 Å². The second-order valence-corrected chi connectivity index (χ2v) is 6.36. The van der Waals surface area contributed by atoms with Crippen molar-refractivity contribution >= 4 is 18.0 Å². The molecule has 1 heterocycles. The number of carbonyl (C=O) groups is 3. The SMILES string of the molecule is COC(=O)CCCCCCCNC(=O)N1CCC(C)(C(=O)O)C1. The van der Waals surface area contributed by atoms with Gasteiger partial charge < -0.3 is 20.1 Å². The summed E-state index contributed by atoms with van der Waals surface area (Å²) < 4.78 is 4.57. The first-order chi connectivity index (χ1) is 10.9. The van der Waals surface area contributed by atoms with E-state index in [-0.39, 0.29) is 18.5 Å². The maximum absolute atomic E-state index is 12.0. The Bertz CT molecular complexity index is 427. The molecule has 0 aromatic rings. The van der Waals surface area contributed by atoms with Crippen LogP contribution in [0.1, 0.15) is 51.9 Å². The van der Waals surface area contributed by atoms with E-state index in [0.717, 1.165) is 32.1 Å². The molecule has 0 aromatic heterocycles. The Kier molecular flexibility index (Phi) is 7.85. The molecule has 23 heavy (non-hydrogen) atoms. The molecule has 1 saturated heterocycles. The predicted octanol–water partition coefficient (Wildman–Crippen LogP) is 2.01. The Hall–Kier alpha value is -1.79. The van der Waals surface area contributed by atoms with Gasteiger partial charge in [-0.3, -0.25) is 9.59 Å². The lowest BCUT2D eigenvalue weighted by atomic mass is 9.90. The maximum Gasteiger partial charge on any atom is 0.317 e. The van der Waals surface area contributed by atoms with E-state index in [4.69, 9.17) is 5.11 Å². The van der Waals surface area contributed by atoms with E-state index in [1.165, 1.54) is 7.11 Å². The summed E-state index contributed by atoms with van der Waals surface area (Å²) in [7, 11) is 1.39. The molecule has 0 aromatic carbocycles. The first-order valence-electron chi connectivity index (χ1n) is 8.22. The van der Waals surface area contributed by atoms with Crippen LogP contribution in [-0.2, 0) is 14.3 Å². The highest BCUT2D eigenvalue weighted by molar-refractivity contribution is 5.79. The Morgan fingerprint density at radius 3 is 2.43 bits per heavy atom. The van der Waals surface area contributed by atoms with Crippen LogP contribution in [0.25, 0.3) is 0 Å². The number of aliphatic carboxylic acids is 1. The van der Waals surface area contributed by atoms with Gasteiger partial charge in [0.15, 0.2) is 0 Å². The normalized spacial score (nSPS) is 20.3. The molecule has 1 atom stereocenters. The maximum atomic E-state index is 12.0. The summed E-state index contributed by atoms with van der Waals surface area (Å²) in [6, 6.07) is -0.180. The zero-order valence-corrected chi connectivity index (χ0v) is 14.1. The molecule has 7 nitrogen and oxygen atoms in total. The number of likely N-dealkylation sites (tertiary alicyclic amines) is 1. The second-order valence-electron chi connectivity index (χ2n) is 6.36. The number of hydrogen-bond donors (Lipinski definition) is 2. The van der Waals surface area contributed by atoms with E-state index in [1.807, 2.05) is 0 Å². The van der Waals surface area contributed by atoms with E-state index >= 15 is 0 Å². The number of carboxylic acids is 1. The molecule has 0 bridgehead atoms. The summed E-state index contributed by atoms with van der Waals surface area (Å²) >= 11 is 0. The van der Waals surface area contributed by atoms with Crippen LogP contribution in [0, 0.1) is 5.41 Å². The van der Waals surface area contributed by atoms with Gasteiger partial charge in [-0.15, -0.1) is 0 Å². The summed E-state index contributed by atoms with van der Waals surface area (Å²) in [6.45, 7) is 3.02. The van der Waals surface area contributed by atoms with Crippen molar-refractivity contribution in [1.29, 1.82) is 0 Å². The van der Waals surface area contributed by atoms with E-state index in [0.29, 0.717) is 25.9 Å². The van der Waals surface area contributed by atoms with Gasteiger partial charge >= 0.3 is 18.0 Å². The van der Waals surface area contributed by atoms with Gasteiger partial charge in [-0.2, -0.15) is 0 Å². The van der Waals surface area contributed by atoms with Gasteiger partial charge in [-0.1, -0.05) is 19.3 Å². The molecule has 0 spiro atoms. The topological polar surface area (TPSA) is 95.9 Å². The van der Waals surface area contributed by atoms with Gasteiger partial charge in [0, 0.05) is 26.1 Å². The number of rotatable bonds is 9. The molecular weight excluding hydrogens is 300 g/mol. The minimum absolute atomic E-state index is 0.170. The molecule has 0 radical (unpaired) electrons. The van der Waals surface area contributed by atoms with Crippen molar-refractivity contribution in [2.45, 2.75) is 51.9 Å². The summed E-state index contributed by atoms with van der Waals surface area (Å²) in [5.74, 6) is -1.02. The highest BCUT2D eigenvalue weighted by atomic mass is 16.5. The number of urea groups is 1. The van der Waals surface area contributed by atoms with Gasteiger partial charge in [0.1, 0.15) is 0 Å². The Balaban J connectivity index is 2.05. The highest BCUT2D eigenvalue weighted by Crippen LogP contribution is 2.29. The Labute approximate surface area is 137 Å². The second kappa shape index (κ2) is 9.37. The van der Waals surface area contributed by atoms with Crippen LogP contribution in [0.3, 0.4) is 0 Å². The monoisotopic (exact) mass is 328 g/mol. The molecule has 0 aliphatic carbocycles. The van der Waals surface area contributed by atoms with E-state index < -0.39 is 11.4 Å². The lowest BCUT2D eigenvalue weighted by Crippen LogP contribution is -2.41. The molecule has 1 rings (SSSR count). The fourth-order valence-electron chi connectivity index (χ4n) is 2.64. The van der Waals surface area contributed by atoms with Crippen LogP contribution >= 0.6 is 0 Å². The average molecular weight is 328 g/mol. The third kappa shape index (κ3) is 6.46. The number of esters is 1. The van der Waals surface area contributed by atoms with Crippen LogP contribution in [0.4, 0.5) is 4.79 Å². The number of carboxylic acid groups (broad SMARTS) is 1. The van der Waals surface area contributed by atoms with Crippen molar-refractivity contribution in [3.63, 3.8) is 0 Å². The van der Waals surface area contributed by atoms with Crippen molar-refractivity contribution in [3.05, 3.63) is 0 Å². The third-order valence-electron chi connectivity index (χ3n) is 4.34. The fraction of sp³-hybridized carbons (Fsp3) is 0.812. The number of methoxy groups -OCH3 is 1. The fourth-order valence-corrected chi connectivity index (χ4v) is 2.64. The molecule has 2 amide bonds. The molecule has 132 valence electrons. The van der Waals surface area contributed by atoms with Crippen molar-refractivity contribution in [1.82, 2.24) is 10.2 Å². The molecule has 1 fully saturated rings. The molecular formula is C16H28N2O5. The van der Waals surface area contributed by atoms with Crippen molar-refractivity contribution < 1.29 is 24.2 Å². The largest absolute Gasteiger partial charge is 0.481 e. The summed E-state index contributed by atoms with van der Waals surface area (Å²) in [5, 5.41) is 12.0. The lowest BCUT2D eigenvalue weighted by molar-refractivity contribution is -0.147. The van der Waals surface area contributed by atoms with Gasteiger partial charge in [-0.05, 0) is 26.2 Å². The minimum atomic E-state index is -0.847. The highest BCUT2D eigenvalue weighted by Gasteiger charge is 2.42. The van der Waals surface area contributed by atoms with Crippen LogP contribution in [0.15, 0.2) is 0 Å². The molecule has 1 aliphatic heterocycles. The van der Waals surface area contributed by atoms with Crippen molar-refractivity contribution in [2.75, 3.05) is 26.7 Å². The number of nitrogens with zero attached hydrogens (tertiary/aromatic N) is 1. The molecule has 1 aliphatic rings. The minimum Gasteiger partial charge on any atom is -0.481 e. The number of amides is 2. The van der Waals surface area contributed by atoms with Gasteiger partial charge in [-0.25, -0.2) is 4.79 Å². The third-order valence-corrected chi connectivity index (χ3v) is 4.34. The summed E-state index contributed by atoms with van der Waals surface area (Å²) in [6.07, 6.45) is 5.67. The molecule has 7 heteroatoms. The van der Waals surface area contributed by atoms with E-state index in [1.54, 1.807) is 11.8 Å². The molecule has 2 N–H and O–H groups in total. The smallest absolute Gasteiger partial charge is 0.317 e. The van der Waals surface area contributed by atoms with E-state index in [9.17, 15) is 14.4 Å². The number of unbranched alkanes of at least 4 members (excludes halogenated alkanes) is 4. The molecule has 0 saturated carbocycles. The Morgan fingerprint density at radius 2 is 1.83 bits per heavy atom. The number of hydrogen-bond acceptors (Lipinski definition) is 4. The van der Waals surface area contributed by atoms with Crippen molar-refractivity contribution in [2.24, 2.45) is 5.41 Å². The van der Waals surface area contributed by atoms with Crippen LogP contribution in [0.2, 0.25) is 0 Å². The average Bonchev–Trinajstić information content (AvgIpc) is 2.93. The zero-order valence-electron chi connectivity index (χ0n) is 14.1. The van der Waals surface area contributed by atoms with Crippen LogP contribution in [0.5, 0.6) is 0 Å². The lowest BCUT2D eigenvalue weighted by Gasteiger charge is -2.20. The Morgan fingerprint density at radius 1 is 1.17 bits per heavy atom. The van der Waals surface area contributed by atoms with Crippen LogP contribution in [-0.4, -0.2) is 54.7 Å². The van der Waals surface area contributed by atoms with Crippen LogP contribution < -0.4 is 5.32 Å². The predicted molar refractivity (Wildman–Crippen MR) is 85.0 cm³/mol.